The van der Waals surface area contributed by atoms with Crippen molar-refractivity contribution in [2.45, 2.75) is 58.2 Å². The Morgan fingerprint density at radius 2 is 1.67 bits per heavy atom. The van der Waals surface area contributed by atoms with Gasteiger partial charge in [-0.15, -0.1) is 0 Å². The number of methoxy groups -OCH3 is 1. The highest BCUT2D eigenvalue weighted by Crippen LogP contribution is 2.19. The summed E-state index contributed by atoms with van der Waals surface area (Å²) in [6.45, 7) is 8.78. The predicted octanol–water partition coefficient (Wildman–Crippen LogP) is 2.90. The molecule has 0 unspecified atom stereocenters. The van der Waals surface area contributed by atoms with Gasteiger partial charge in [-0.05, 0) is 40.5 Å². The lowest BCUT2D eigenvalue weighted by atomic mass is 10.0. The molecule has 0 amide bonds. The summed E-state index contributed by atoms with van der Waals surface area (Å²) < 4.78 is 11.0. The molecule has 3 heteroatoms. The first kappa shape index (κ1) is 14.4. The van der Waals surface area contributed by atoms with Gasteiger partial charge in [0.05, 0.1) is 23.9 Å². The standard InChI is InChI=1S/C12H23NO2/c1-11(2,14-5)8-10-15-12(3,4)7-6-9-13/h6-8,10H2,1-5H3. The third-order valence-electron chi connectivity index (χ3n) is 2.59. The number of hydrogen-bond acceptors (Lipinski definition) is 3. The van der Waals surface area contributed by atoms with Crippen molar-refractivity contribution in [1.82, 2.24) is 0 Å². The first-order valence-corrected chi connectivity index (χ1v) is 5.39. The SMILES string of the molecule is COC(C)(C)CCOC(C)(C)CCC#N. The van der Waals surface area contributed by atoms with Crippen molar-refractivity contribution in [1.29, 1.82) is 5.26 Å². The maximum absolute atomic E-state index is 8.50. The molecule has 0 rings (SSSR count). The van der Waals surface area contributed by atoms with Gasteiger partial charge in [0.2, 0.25) is 0 Å². The van der Waals surface area contributed by atoms with Gasteiger partial charge in [0.15, 0.2) is 0 Å². The van der Waals surface area contributed by atoms with Gasteiger partial charge in [-0.1, -0.05) is 0 Å². The molecular weight excluding hydrogens is 190 g/mol. The van der Waals surface area contributed by atoms with Crippen LogP contribution in [0, 0.1) is 11.3 Å². The highest BCUT2D eigenvalue weighted by molar-refractivity contribution is 4.78. The molecule has 88 valence electrons. The zero-order chi connectivity index (χ0) is 11.9. The molecule has 0 spiro atoms. The van der Waals surface area contributed by atoms with E-state index >= 15 is 0 Å². The van der Waals surface area contributed by atoms with Crippen LogP contribution in [-0.4, -0.2) is 24.9 Å². The van der Waals surface area contributed by atoms with Crippen molar-refractivity contribution in [2.75, 3.05) is 13.7 Å². The van der Waals surface area contributed by atoms with E-state index < -0.39 is 0 Å². The van der Waals surface area contributed by atoms with Crippen molar-refractivity contribution < 1.29 is 9.47 Å². The van der Waals surface area contributed by atoms with Gasteiger partial charge in [-0.3, -0.25) is 0 Å². The van der Waals surface area contributed by atoms with Gasteiger partial charge in [0.1, 0.15) is 0 Å². The molecule has 0 saturated heterocycles. The zero-order valence-electron chi connectivity index (χ0n) is 10.6. The minimum Gasteiger partial charge on any atom is -0.379 e. The zero-order valence-corrected chi connectivity index (χ0v) is 10.6. The van der Waals surface area contributed by atoms with Crippen LogP contribution in [0.2, 0.25) is 0 Å². The van der Waals surface area contributed by atoms with Crippen LogP contribution in [0.4, 0.5) is 0 Å². The predicted molar refractivity (Wildman–Crippen MR) is 60.6 cm³/mol. The van der Waals surface area contributed by atoms with Crippen LogP contribution in [0.1, 0.15) is 47.0 Å². The maximum Gasteiger partial charge on any atom is 0.0644 e. The summed E-state index contributed by atoms with van der Waals surface area (Å²) in [7, 11) is 1.71. The molecule has 3 nitrogen and oxygen atoms in total. The van der Waals surface area contributed by atoms with Crippen LogP contribution in [-0.2, 0) is 9.47 Å². The van der Waals surface area contributed by atoms with Gasteiger partial charge < -0.3 is 9.47 Å². The van der Waals surface area contributed by atoms with E-state index in [1.165, 1.54) is 0 Å². The van der Waals surface area contributed by atoms with Gasteiger partial charge in [-0.25, -0.2) is 0 Å². The van der Waals surface area contributed by atoms with Gasteiger partial charge in [0, 0.05) is 13.5 Å². The molecule has 0 aromatic heterocycles. The van der Waals surface area contributed by atoms with Gasteiger partial charge in [-0.2, -0.15) is 5.26 Å². The van der Waals surface area contributed by atoms with Crippen LogP contribution in [0.5, 0.6) is 0 Å². The Bertz CT molecular complexity index is 216. The van der Waals surface area contributed by atoms with Gasteiger partial charge >= 0.3 is 0 Å². The third-order valence-corrected chi connectivity index (χ3v) is 2.59. The summed E-state index contributed by atoms with van der Waals surface area (Å²) in [5.74, 6) is 0. The summed E-state index contributed by atoms with van der Waals surface area (Å²) >= 11 is 0. The number of ether oxygens (including phenoxy) is 2. The number of rotatable bonds is 7. The molecule has 15 heavy (non-hydrogen) atoms. The lowest BCUT2D eigenvalue weighted by molar-refractivity contribution is -0.0605. The summed E-state index contributed by atoms with van der Waals surface area (Å²) in [4.78, 5) is 0. The smallest absolute Gasteiger partial charge is 0.0644 e. The summed E-state index contributed by atoms with van der Waals surface area (Å²) in [5.41, 5.74) is -0.342. The first-order valence-electron chi connectivity index (χ1n) is 5.39. The van der Waals surface area contributed by atoms with Crippen molar-refractivity contribution in [3.05, 3.63) is 0 Å². The Balaban J connectivity index is 3.80. The van der Waals surface area contributed by atoms with Crippen molar-refractivity contribution >= 4 is 0 Å². The van der Waals surface area contributed by atoms with E-state index in [0.717, 1.165) is 12.8 Å². The van der Waals surface area contributed by atoms with Gasteiger partial charge in [0.25, 0.3) is 0 Å². The Labute approximate surface area is 93.4 Å². The second kappa shape index (κ2) is 6.09. The molecule has 0 bridgehead atoms. The summed E-state index contributed by atoms with van der Waals surface area (Å²) in [5, 5.41) is 8.50. The van der Waals surface area contributed by atoms with Crippen LogP contribution in [0.15, 0.2) is 0 Å². The normalized spacial score (nSPS) is 12.5. The Hall–Kier alpha value is -0.590. The monoisotopic (exact) mass is 213 g/mol. The van der Waals surface area contributed by atoms with Crippen LogP contribution < -0.4 is 0 Å². The van der Waals surface area contributed by atoms with E-state index in [9.17, 15) is 0 Å². The fourth-order valence-corrected chi connectivity index (χ4v) is 1.10. The Morgan fingerprint density at radius 1 is 1.07 bits per heavy atom. The minimum atomic E-state index is -0.209. The van der Waals surface area contributed by atoms with E-state index in [0.29, 0.717) is 13.0 Å². The fourth-order valence-electron chi connectivity index (χ4n) is 1.10. The molecule has 0 fully saturated rings. The van der Waals surface area contributed by atoms with Crippen LogP contribution >= 0.6 is 0 Å². The lowest BCUT2D eigenvalue weighted by Crippen LogP contribution is -2.30. The quantitative estimate of drug-likeness (QED) is 0.653. The van der Waals surface area contributed by atoms with E-state index in [2.05, 4.69) is 6.07 Å². The molecule has 0 aliphatic heterocycles. The Morgan fingerprint density at radius 3 is 2.13 bits per heavy atom. The molecular formula is C12H23NO2. The molecule has 0 radical (unpaired) electrons. The number of nitriles is 1. The molecule has 0 saturated carbocycles. The molecule has 0 aliphatic carbocycles. The first-order chi connectivity index (χ1) is 6.83. The largest absolute Gasteiger partial charge is 0.379 e. The summed E-state index contributed by atoms with van der Waals surface area (Å²) in [6, 6.07) is 2.14. The van der Waals surface area contributed by atoms with Crippen molar-refractivity contribution in [3.8, 4) is 6.07 Å². The van der Waals surface area contributed by atoms with Crippen molar-refractivity contribution in [2.24, 2.45) is 0 Å². The lowest BCUT2D eigenvalue weighted by Gasteiger charge is -2.28. The van der Waals surface area contributed by atoms with Crippen LogP contribution in [0.25, 0.3) is 0 Å². The molecule has 0 aromatic rings. The molecule has 0 heterocycles. The topological polar surface area (TPSA) is 42.2 Å². The molecule has 0 aromatic carbocycles. The third kappa shape index (κ3) is 7.35. The second-order valence-corrected chi connectivity index (χ2v) is 4.98. The van der Waals surface area contributed by atoms with E-state index in [1.807, 2.05) is 27.7 Å². The summed E-state index contributed by atoms with van der Waals surface area (Å²) in [6.07, 6.45) is 2.18. The highest BCUT2D eigenvalue weighted by atomic mass is 16.5. The number of hydrogen-bond donors (Lipinski definition) is 0. The molecule has 0 N–H and O–H groups in total. The van der Waals surface area contributed by atoms with E-state index in [1.54, 1.807) is 7.11 Å². The molecule has 0 aliphatic rings. The number of nitrogens with zero attached hydrogens (tertiary/aromatic N) is 1. The highest BCUT2D eigenvalue weighted by Gasteiger charge is 2.21. The van der Waals surface area contributed by atoms with E-state index in [-0.39, 0.29) is 11.2 Å². The minimum absolute atomic E-state index is 0.134. The average molecular weight is 213 g/mol. The van der Waals surface area contributed by atoms with Crippen molar-refractivity contribution in [3.63, 3.8) is 0 Å². The fraction of sp³-hybridized carbons (Fsp3) is 0.917. The van der Waals surface area contributed by atoms with E-state index in [4.69, 9.17) is 14.7 Å². The molecule has 0 atom stereocenters. The van der Waals surface area contributed by atoms with Crippen LogP contribution in [0.3, 0.4) is 0 Å². The second-order valence-electron chi connectivity index (χ2n) is 4.98. The Kier molecular flexibility index (Phi) is 5.85. The maximum atomic E-state index is 8.50. The average Bonchev–Trinajstić information content (AvgIpc) is 2.14.